The van der Waals surface area contributed by atoms with Gasteiger partial charge in [-0.2, -0.15) is 5.10 Å². The third-order valence-corrected chi connectivity index (χ3v) is 4.49. The van der Waals surface area contributed by atoms with Crippen LogP contribution in [0.15, 0.2) is 48.7 Å². The van der Waals surface area contributed by atoms with Crippen molar-refractivity contribution in [2.75, 3.05) is 33.3 Å². The Morgan fingerprint density at radius 2 is 1.68 bits per heavy atom. The molecular formula is C21H20ClN3O6. The second-order valence-corrected chi connectivity index (χ2v) is 6.54. The first-order chi connectivity index (χ1) is 15.0. The van der Waals surface area contributed by atoms with Crippen LogP contribution in [0.5, 0.6) is 17.2 Å². The Bertz CT molecular complexity index is 1080. The lowest BCUT2D eigenvalue weighted by Crippen LogP contribution is -2.21. The van der Waals surface area contributed by atoms with Crippen LogP contribution in [0.2, 0.25) is 5.02 Å². The molecule has 162 valence electrons. The summed E-state index contributed by atoms with van der Waals surface area (Å²) in [4.78, 5) is 24.8. The third kappa shape index (κ3) is 5.07. The molecule has 2 aromatic carbocycles. The van der Waals surface area contributed by atoms with Crippen molar-refractivity contribution in [2.45, 2.75) is 0 Å². The predicted octanol–water partition coefficient (Wildman–Crippen LogP) is 3.35. The molecule has 0 fully saturated rings. The van der Waals surface area contributed by atoms with E-state index in [1.165, 1.54) is 38.1 Å². The highest BCUT2D eigenvalue weighted by Gasteiger charge is 2.21. The van der Waals surface area contributed by atoms with Crippen molar-refractivity contribution < 1.29 is 28.5 Å². The van der Waals surface area contributed by atoms with Crippen LogP contribution in [-0.4, -0.2) is 49.6 Å². The molecule has 0 aliphatic carbocycles. The van der Waals surface area contributed by atoms with Gasteiger partial charge in [-0.05, 0) is 12.1 Å². The van der Waals surface area contributed by atoms with E-state index in [4.69, 9.17) is 30.5 Å². The molecule has 0 aliphatic rings. The fourth-order valence-electron chi connectivity index (χ4n) is 2.71. The summed E-state index contributed by atoms with van der Waals surface area (Å²) >= 11 is 6.05. The number of nitrogens with one attached hydrogen (secondary N) is 1. The Morgan fingerprint density at radius 1 is 1.00 bits per heavy atom. The van der Waals surface area contributed by atoms with Gasteiger partial charge in [0.2, 0.25) is 5.69 Å². The number of benzene rings is 2. The van der Waals surface area contributed by atoms with E-state index in [0.717, 1.165) is 5.69 Å². The molecule has 0 aliphatic heterocycles. The van der Waals surface area contributed by atoms with Gasteiger partial charge in [0.25, 0.3) is 5.91 Å². The van der Waals surface area contributed by atoms with Crippen molar-refractivity contribution >= 4 is 29.2 Å². The first-order valence-electron chi connectivity index (χ1n) is 9.04. The molecule has 1 aromatic heterocycles. The number of aromatic nitrogens is 2. The maximum atomic E-state index is 12.5. The Kier molecular flexibility index (Phi) is 6.99. The number of rotatable bonds is 8. The van der Waals surface area contributed by atoms with Crippen LogP contribution in [0.25, 0.3) is 5.69 Å². The summed E-state index contributed by atoms with van der Waals surface area (Å²) in [6, 6.07) is 12.2. The van der Waals surface area contributed by atoms with Crippen molar-refractivity contribution in [1.29, 1.82) is 0 Å². The first-order valence-corrected chi connectivity index (χ1v) is 9.42. The largest absolute Gasteiger partial charge is 0.495 e. The zero-order chi connectivity index (χ0) is 22.4. The lowest BCUT2D eigenvalue weighted by molar-refractivity contribution is -0.119. The van der Waals surface area contributed by atoms with Gasteiger partial charge in [-0.1, -0.05) is 29.8 Å². The molecule has 1 amide bonds. The molecule has 0 atom stereocenters. The number of hydrogen-bond acceptors (Lipinski definition) is 7. The SMILES string of the molecule is COc1cc(NC(=O)COC(=O)c2nn(-c3ccccc3)cc2OC)c(OC)cc1Cl. The number of hydrogen-bond donors (Lipinski definition) is 1. The average Bonchev–Trinajstić information content (AvgIpc) is 3.23. The molecule has 0 radical (unpaired) electrons. The molecule has 0 bridgehead atoms. The van der Waals surface area contributed by atoms with Gasteiger partial charge >= 0.3 is 5.97 Å². The molecule has 31 heavy (non-hydrogen) atoms. The minimum absolute atomic E-state index is 0.0510. The Labute approximate surface area is 183 Å². The zero-order valence-electron chi connectivity index (χ0n) is 17.0. The number of nitrogens with zero attached hydrogens (tertiary/aromatic N) is 2. The zero-order valence-corrected chi connectivity index (χ0v) is 17.8. The van der Waals surface area contributed by atoms with Crippen LogP contribution in [-0.2, 0) is 9.53 Å². The molecule has 9 nitrogen and oxygen atoms in total. The Morgan fingerprint density at radius 3 is 2.32 bits per heavy atom. The van der Waals surface area contributed by atoms with Gasteiger partial charge in [0.1, 0.15) is 11.5 Å². The number of para-hydroxylation sites is 1. The van der Waals surface area contributed by atoms with Crippen molar-refractivity contribution in [3.05, 3.63) is 59.4 Å². The topological polar surface area (TPSA) is 101 Å². The summed E-state index contributed by atoms with van der Waals surface area (Å²) in [5.41, 5.74) is 1.00. The van der Waals surface area contributed by atoms with E-state index in [-0.39, 0.29) is 11.4 Å². The maximum Gasteiger partial charge on any atom is 0.363 e. The fourth-order valence-corrected chi connectivity index (χ4v) is 2.94. The van der Waals surface area contributed by atoms with Gasteiger partial charge in [0, 0.05) is 12.1 Å². The monoisotopic (exact) mass is 445 g/mol. The number of anilines is 1. The van der Waals surface area contributed by atoms with E-state index >= 15 is 0 Å². The predicted molar refractivity (Wildman–Crippen MR) is 114 cm³/mol. The number of esters is 1. The Balaban J connectivity index is 1.69. The van der Waals surface area contributed by atoms with Crippen molar-refractivity contribution in [1.82, 2.24) is 9.78 Å². The summed E-state index contributed by atoms with van der Waals surface area (Å²) in [6.07, 6.45) is 1.55. The second kappa shape index (κ2) is 9.86. The minimum atomic E-state index is -0.803. The lowest BCUT2D eigenvalue weighted by Gasteiger charge is -2.13. The summed E-state index contributed by atoms with van der Waals surface area (Å²) in [7, 11) is 4.29. The molecule has 1 heterocycles. The lowest BCUT2D eigenvalue weighted by atomic mass is 10.2. The highest BCUT2D eigenvalue weighted by Crippen LogP contribution is 2.35. The van der Waals surface area contributed by atoms with Crippen LogP contribution in [0, 0.1) is 0 Å². The number of methoxy groups -OCH3 is 3. The van der Waals surface area contributed by atoms with E-state index in [9.17, 15) is 9.59 Å². The van der Waals surface area contributed by atoms with Gasteiger partial charge in [0.05, 0.1) is 43.9 Å². The summed E-state index contributed by atoms with van der Waals surface area (Å²) < 4.78 is 22.1. The number of halogens is 1. The quantitative estimate of drug-likeness (QED) is 0.530. The second-order valence-electron chi connectivity index (χ2n) is 6.14. The van der Waals surface area contributed by atoms with E-state index < -0.39 is 18.5 Å². The molecule has 10 heteroatoms. The molecule has 3 aromatic rings. The summed E-state index contributed by atoms with van der Waals surface area (Å²) in [6.45, 7) is -0.547. The number of amides is 1. The normalized spacial score (nSPS) is 10.3. The van der Waals surface area contributed by atoms with E-state index in [1.54, 1.807) is 6.20 Å². The summed E-state index contributed by atoms with van der Waals surface area (Å²) in [5, 5.41) is 7.12. The van der Waals surface area contributed by atoms with Gasteiger partial charge in [0.15, 0.2) is 12.4 Å². The highest BCUT2D eigenvalue weighted by molar-refractivity contribution is 6.32. The van der Waals surface area contributed by atoms with Crippen LogP contribution in [0.4, 0.5) is 5.69 Å². The van der Waals surface area contributed by atoms with E-state index in [1.807, 2.05) is 30.3 Å². The smallest absolute Gasteiger partial charge is 0.363 e. The van der Waals surface area contributed by atoms with Crippen LogP contribution in [0.3, 0.4) is 0 Å². The van der Waals surface area contributed by atoms with Crippen molar-refractivity contribution in [2.24, 2.45) is 0 Å². The molecule has 3 rings (SSSR count). The third-order valence-electron chi connectivity index (χ3n) is 4.20. The van der Waals surface area contributed by atoms with E-state index in [2.05, 4.69) is 10.4 Å². The minimum Gasteiger partial charge on any atom is -0.495 e. The Hall–Kier alpha value is -3.72. The summed E-state index contributed by atoms with van der Waals surface area (Å²) in [5.74, 6) is -0.488. The molecular weight excluding hydrogens is 426 g/mol. The highest BCUT2D eigenvalue weighted by atomic mass is 35.5. The number of carbonyl (C=O) groups is 2. The molecule has 1 N–H and O–H groups in total. The molecule has 0 spiro atoms. The van der Waals surface area contributed by atoms with Crippen molar-refractivity contribution in [3.63, 3.8) is 0 Å². The van der Waals surface area contributed by atoms with Crippen molar-refractivity contribution in [3.8, 4) is 22.9 Å². The van der Waals surface area contributed by atoms with Crippen LogP contribution >= 0.6 is 11.6 Å². The van der Waals surface area contributed by atoms with Crippen LogP contribution < -0.4 is 19.5 Å². The van der Waals surface area contributed by atoms with Gasteiger partial charge in [-0.25, -0.2) is 9.48 Å². The van der Waals surface area contributed by atoms with Gasteiger partial charge in [-0.15, -0.1) is 0 Å². The molecule has 0 saturated carbocycles. The molecule has 0 unspecified atom stereocenters. The average molecular weight is 446 g/mol. The standard InChI is InChI=1S/C21H20ClN3O6/c1-28-16-10-15(17(29-2)9-14(16)22)23-19(26)12-31-21(27)20-18(30-3)11-25(24-20)13-7-5-4-6-8-13/h4-11H,12H2,1-3H3,(H,23,26). The first kappa shape index (κ1) is 22.0. The maximum absolute atomic E-state index is 12.5. The molecule has 0 saturated heterocycles. The van der Waals surface area contributed by atoms with E-state index in [0.29, 0.717) is 22.2 Å². The van der Waals surface area contributed by atoms with Gasteiger partial charge in [-0.3, -0.25) is 4.79 Å². The van der Waals surface area contributed by atoms with Crippen LogP contribution in [0.1, 0.15) is 10.5 Å². The number of ether oxygens (including phenoxy) is 4. The fraction of sp³-hybridized carbons (Fsp3) is 0.190. The van der Waals surface area contributed by atoms with Gasteiger partial charge < -0.3 is 24.3 Å². The number of carbonyl (C=O) groups excluding carboxylic acids is 2.